The van der Waals surface area contributed by atoms with Gasteiger partial charge in [-0.25, -0.2) is 17.2 Å². The van der Waals surface area contributed by atoms with E-state index in [0.29, 0.717) is 18.2 Å². The number of carbonyl (C=O) groups is 1. The van der Waals surface area contributed by atoms with Crippen LogP contribution in [0.5, 0.6) is 0 Å². The van der Waals surface area contributed by atoms with Crippen LogP contribution in [0.3, 0.4) is 0 Å². The summed E-state index contributed by atoms with van der Waals surface area (Å²) >= 11 is 0. The van der Waals surface area contributed by atoms with E-state index in [-0.39, 0.29) is 22.4 Å². The minimum absolute atomic E-state index is 0.110. The van der Waals surface area contributed by atoms with E-state index in [4.69, 9.17) is 0 Å². The first kappa shape index (κ1) is 19.0. The minimum Gasteiger partial charge on any atom is -0.326 e. The molecule has 27 heavy (non-hydrogen) atoms. The smallest absolute Gasteiger partial charge is 0.261 e. The molecule has 1 aliphatic carbocycles. The number of halogens is 2. The van der Waals surface area contributed by atoms with E-state index in [0.717, 1.165) is 25.0 Å². The summed E-state index contributed by atoms with van der Waals surface area (Å²) in [5.41, 5.74) is 0.772. The minimum atomic E-state index is -4.06. The van der Waals surface area contributed by atoms with Gasteiger partial charge < -0.3 is 5.32 Å². The van der Waals surface area contributed by atoms with Gasteiger partial charge in [0.1, 0.15) is 0 Å². The Balaban J connectivity index is 1.63. The fourth-order valence-corrected chi connectivity index (χ4v) is 3.87. The Morgan fingerprint density at radius 1 is 1.04 bits per heavy atom. The summed E-state index contributed by atoms with van der Waals surface area (Å²) in [4.78, 5) is 11.6. The molecule has 1 aliphatic rings. The van der Waals surface area contributed by atoms with E-state index in [2.05, 4.69) is 16.1 Å². The lowest BCUT2D eigenvalue weighted by molar-refractivity contribution is -0.116. The fraction of sp³-hybridized carbons (Fsp3) is 0.211. The van der Waals surface area contributed by atoms with Crippen molar-refractivity contribution >= 4 is 27.3 Å². The van der Waals surface area contributed by atoms with Crippen LogP contribution in [0, 0.1) is 17.6 Å². The first-order valence-corrected chi connectivity index (χ1v) is 9.86. The number of allylic oxidation sites excluding steroid dienone is 2. The zero-order valence-electron chi connectivity index (χ0n) is 14.3. The standard InChI is InChI=1S/C19H18F2N2O3S/c20-17-10-9-16(12-18(17)21)27(25,26)23-15-7-5-14(6-8-15)22-19(24)11-13-3-1-2-4-13/h1,3,5-10,12-13,23H,2,4,11H2,(H,22,24). The molecule has 3 rings (SSSR count). The van der Waals surface area contributed by atoms with Crippen molar-refractivity contribution in [1.29, 1.82) is 0 Å². The molecule has 2 aromatic rings. The molecule has 0 spiro atoms. The van der Waals surface area contributed by atoms with Crippen molar-refractivity contribution in [3.05, 3.63) is 66.3 Å². The highest BCUT2D eigenvalue weighted by Crippen LogP contribution is 2.22. The lowest BCUT2D eigenvalue weighted by Crippen LogP contribution is -2.15. The molecule has 2 N–H and O–H groups in total. The normalized spacial score (nSPS) is 16.3. The molecule has 0 aliphatic heterocycles. The zero-order chi connectivity index (χ0) is 19.4. The number of carbonyl (C=O) groups excluding carboxylic acids is 1. The number of anilines is 2. The zero-order valence-corrected chi connectivity index (χ0v) is 15.1. The second-order valence-electron chi connectivity index (χ2n) is 6.28. The van der Waals surface area contributed by atoms with Gasteiger partial charge in [-0.1, -0.05) is 12.2 Å². The van der Waals surface area contributed by atoms with Gasteiger partial charge in [0.15, 0.2) is 11.6 Å². The van der Waals surface area contributed by atoms with Crippen LogP contribution in [-0.2, 0) is 14.8 Å². The average Bonchev–Trinajstić information content (AvgIpc) is 3.11. The third kappa shape index (κ3) is 4.91. The summed E-state index contributed by atoms with van der Waals surface area (Å²) in [6, 6.07) is 8.42. The number of nitrogens with one attached hydrogen (secondary N) is 2. The topological polar surface area (TPSA) is 75.3 Å². The number of hydrogen-bond donors (Lipinski definition) is 2. The van der Waals surface area contributed by atoms with E-state index in [1.54, 1.807) is 12.1 Å². The SMILES string of the molecule is O=C(CC1C=CCC1)Nc1ccc(NS(=O)(=O)c2ccc(F)c(F)c2)cc1. The van der Waals surface area contributed by atoms with Crippen LogP contribution in [0.4, 0.5) is 20.2 Å². The predicted octanol–water partition coefficient (Wildman–Crippen LogP) is 4.06. The highest BCUT2D eigenvalue weighted by atomic mass is 32.2. The van der Waals surface area contributed by atoms with Crippen LogP contribution in [0.2, 0.25) is 0 Å². The Kier molecular flexibility index (Phi) is 5.55. The molecule has 8 heteroatoms. The molecule has 0 saturated heterocycles. The second kappa shape index (κ2) is 7.87. The highest BCUT2D eigenvalue weighted by Gasteiger charge is 2.17. The first-order chi connectivity index (χ1) is 12.8. The van der Waals surface area contributed by atoms with Crippen molar-refractivity contribution in [3.8, 4) is 0 Å². The summed E-state index contributed by atoms with van der Waals surface area (Å²) in [6.45, 7) is 0. The number of sulfonamides is 1. The number of amides is 1. The van der Waals surface area contributed by atoms with Gasteiger partial charge in [0.2, 0.25) is 5.91 Å². The lowest BCUT2D eigenvalue weighted by atomic mass is 10.1. The van der Waals surface area contributed by atoms with E-state index in [9.17, 15) is 22.0 Å². The highest BCUT2D eigenvalue weighted by molar-refractivity contribution is 7.92. The Morgan fingerprint density at radius 2 is 1.74 bits per heavy atom. The summed E-state index contributed by atoms with van der Waals surface area (Å²) in [5, 5.41) is 2.76. The van der Waals surface area contributed by atoms with Gasteiger partial charge in [0.25, 0.3) is 10.0 Å². The quantitative estimate of drug-likeness (QED) is 0.728. The number of benzene rings is 2. The molecule has 1 unspecified atom stereocenters. The molecule has 0 bridgehead atoms. The molecule has 142 valence electrons. The van der Waals surface area contributed by atoms with Crippen LogP contribution in [0.25, 0.3) is 0 Å². The molecular weight excluding hydrogens is 374 g/mol. The molecular formula is C19H18F2N2O3S. The molecule has 2 aromatic carbocycles. The van der Waals surface area contributed by atoms with Gasteiger partial charge in [0, 0.05) is 17.8 Å². The molecule has 0 saturated carbocycles. The van der Waals surface area contributed by atoms with Gasteiger partial charge in [-0.05, 0) is 61.2 Å². The third-order valence-electron chi connectivity index (χ3n) is 4.18. The van der Waals surface area contributed by atoms with Gasteiger partial charge in [-0.2, -0.15) is 0 Å². The molecule has 0 radical (unpaired) electrons. The van der Waals surface area contributed by atoms with Crippen molar-refractivity contribution in [2.75, 3.05) is 10.0 Å². The Bertz CT molecular complexity index is 973. The van der Waals surface area contributed by atoms with Crippen molar-refractivity contribution in [3.63, 3.8) is 0 Å². The average molecular weight is 392 g/mol. The van der Waals surface area contributed by atoms with Crippen LogP contribution < -0.4 is 10.0 Å². The van der Waals surface area contributed by atoms with Crippen LogP contribution in [0.15, 0.2) is 59.5 Å². The van der Waals surface area contributed by atoms with E-state index in [1.807, 2.05) is 6.08 Å². The molecule has 1 amide bonds. The number of hydrogen-bond acceptors (Lipinski definition) is 3. The Hall–Kier alpha value is -2.74. The maximum atomic E-state index is 13.3. The maximum Gasteiger partial charge on any atom is 0.261 e. The van der Waals surface area contributed by atoms with Gasteiger partial charge >= 0.3 is 0 Å². The molecule has 0 heterocycles. The third-order valence-corrected chi connectivity index (χ3v) is 5.56. The van der Waals surface area contributed by atoms with Crippen molar-refractivity contribution in [2.24, 2.45) is 5.92 Å². The fourth-order valence-electron chi connectivity index (χ4n) is 2.80. The first-order valence-electron chi connectivity index (χ1n) is 8.38. The van der Waals surface area contributed by atoms with Crippen molar-refractivity contribution in [1.82, 2.24) is 0 Å². The van der Waals surface area contributed by atoms with Crippen LogP contribution in [-0.4, -0.2) is 14.3 Å². The summed E-state index contributed by atoms with van der Waals surface area (Å²) < 4.78 is 53.0. The van der Waals surface area contributed by atoms with Gasteiger partial charge in [-0.3, -0.25) is 9.52 Å². The summed E-state index contributed by atoms with van der Waals surface area (Å²) in [7, 11) is -4.06. The molecule has 0 aromatic heterocycles. The van der Waals surface area contributed by atoms with Crippen molar-refractivity contribution in [2.45, 2.75) is 24.2 Å². The molecule has 1 atom stereocenters. The Morgan fingerprint density at radius 3 is 2.37 bits per heavy atom. The number of rotatable bonds is 6. The van der Waals surface area contributed by atoms with Crippen LogP contribution >= 0.6 is 0 Å². The molecule has 5 nitrogen and oxygen atoms in total. The lowest BCUT2D eigenvalue weighted by Gasteiger charge is -2.11. The second-order valence-corrected chi connectivity index (χ2v) is 7.96. The van der Waals surface area contributed by atoms with Gasteiger partial charge in [-0.15, -0.1) is 0 Å². The Labute approximate surface area is 156 Å². The summed E-state index contributed by atoms with van der Waals surface area (Å²) in [5.74, 6) is -2.22. The van der Waals surface area contributed by atoms with Gasteiger partial charge in [0.05, 0.1) is 4.90 Å². The summed E-state index contributed by atoms with van der Waals surface area (Å²) in [6.07, 6.45) is 6.46. The monoisotopic (exact) mass is 392 g/mol. The predicted molar refractivity (Wildman–Crippen MR) is 98.7 cm³/mol. The molecule has 0 fully saturated rings. The largest absolute Gasteiger partial charge is 0.326 e. The van der Waals surface area contributed by atoms with E-state index >= 15 is 0 Å². The van der Waals surface area contributed by atoms with E-state index in [1.165, 1.54) is 12.1 Å². The van der Waals surface area contributed by atoms with E-state index < -0.39 is 21.7 Å². The maximum absolute atomic E-state index is 13.3. The van der Waals surface area contributed by atoms with Crippen LogP contribution in [0.1, 0.15) is 19.3 Å². The van der Waals surface area contributed by atoms with Crippen molar-refractivity contribution < 1.29 is 22.0 Å².